The molecule has 0 bridgehead atoms. The zero-order valence-electron chi connectivity index (χ0n) is 11.0. The normalized spacial score (nSPS) is 24.4. The zero-order valence-corrected chi connectivity index (χ0v) is 11.7. The van der Waals surface area contributed by atoms with Crippen molar-refractivity contribution in [3.05, 3.63) is 28.3 Å². The lowest BCUT2D eigenvalue weighted by Gasteiger charge is -2.28. The molecule has 0 amide bonds. The predicted molar refractivity (Wildman–Crippen MR) is 75.8 cm³/mol. The fourth-order valence-corrected chi connectivity index (χ4v) is 3.35. The Morgan fingerprint density at radius 1 is 1.37 bits per heavy atom. The van der Waals surface area contributed by atoms with E-state index in [2.05, 4.69) is 11.4 Å². The van der Waals surface area contributed by atoms with Crippen molar-refractivity contribution in [2.75, 3.05) is 19.7 Å². The Morgan fingerprint density at radius 2 is 2.26 bits per heavy atom. The Bertz CT molecular complexity index is 458. The van der Waals surface area contributed by atoms with Gasteiger partial charge in [-0.2, -0.15) is 0 Å². The van der Waals surface area contributed by atoms with Crippen LogP contribution in [0.25, 0.3) is 0 Å². The van der Waals surface area contributed by atoms with Crippen molar-refractivity contribution in [3.8, 4) is 5.75 Å². The van der Waals surface area contributed by atoms with E-state index < -0.39 is 6.10 Å². The van der Waals surface area contributed by atoms with Crippen molar-refractivity contribution in [2.45, 2.75) is 31.8 Å². The number of piperidine rings is 1. The standard InChI is InChI=1S/C15H20ClNO2/c16-13-8-12(7-10-4-2-6-19-15(10)13)14(18)11-3-1-5-17-9-11/h7-8,11,14,17-18H,1-6,9H2. The van der Waals surface area contributed by atoms with Crippen LogP contribution in [-0.4, -0.2) is 24.8 Å². The minimum atomic E-state index is -0.433. The van der Waals surface area contributed by atoms with Gasteiger partial charge in [-0.1, -0.05) is 11.6 Å². The number of aliphatic hydroxyl groups excluding tert-OH is 1. The molecule has 2 aliphatic heterocycles. The summed E-state index contributed by atoms with van der Waals surface area (Å²) < 4.78 is 5.61. The summed E-state index contributed by atoms with van der Waals surface area (Å²) in [5.74, 6) is 1.10. The Kier molecular flexibility index (Phi) is 3.96. The third-order valence-electron chi connectivity index (χ3n) is 4.10. The number of hydrogen-bond acceptors (Lipinski definition) is 3. The summed E-state index contributed by atoms with van der Waals surface area (Å²) in [5, 5.41) is 14.5. The maximum atomic E-state index is 10.5. The molecule has 2 aliphatic rings. The molecule has 0 radical (unpaired) electrons. The van der Waals surface area contributed by atoms with E-state index in [1.807, 2.05) is 6.07 Å². The number of aliphatic hydroxyl groups is 1. The van der Waals surface area contributed by atoms with Gasteiger partial charge >= 0.3 is 0 Å². The van der Waals surface area contributed by atoms with E-state index >= 15 is 0 Å². The Balaban J connectivity index is 1.85. The van der Waals surface area contributed by atoms with E-state index in [0.717, 1.165) is 62.3 Å². The highest BCUT2D eigenvalue weighted by molar-refractivity contribution is 6.32. The maximum absolute atomic E-state index is 10.5. The second kappa shape index (κ2) is 5.70. The monoisotopic (exact) mass is 281 g/mol. The largest absolute Gasteiger partial charge is 0.492 e. The number of ether oxygens (including phenoxy) is 1. The van der Waals surface area contributed by atoms with Crippen LogP contribution in [0.1, 0.15) is 36.5 Å². The van der Waals surface area contributed by atoms with Gasteiger partial charge in [-0.05, 0) is 55.5 Å². The van der Waals surface area contributed by atoms with Gasteiger partial charge in [-0.3, -0.25) is 0 Å². The van der Waals surface area contributed by atoms with Gasteiger partial charge in [0.15, 0.2) is 0 Å². The fourth-order valence-electron chi connectivity index (χ4n) is 3.05. The first kappa shape index (κ1) is 13.2. The predicted octanol–water partition coefficient (Wildman–Crippen LogP) is 2.70. The van der Waals surface area contributed by atoms with Crippen molar-refractivity contribution >= 4 is 11.6 Å². The fraction of sp³-hybridized carbons (Fsp3) is 0.600. The second-order valence-electron chi connectivity index (χ2n) is 5.49. The van der Waals surface area contributed by atoms with Gasteiger partial charge in [0.25, 0.3) is 0 Å². The molecule has 0 aromatic heterocycles. The summed E-state index contributed by atoms with van der Waals surface area (Å²) in [7, 11) is 0. The van der Waals surface area contributed by atoms with E-state index in [1.54, 1.807) is 0 Å². The van der Waals surface area contributed by atoms with Crippen molar-refractivity contribution in [1.29, 1.82) is 0 Å². The number of fused-ring (bicyclic) bond motifs is 1. The molecule has 2 atom stereocenters. The summed E-state index contributed by atoms with van der Waals surface area (Å²) in [6.07, 6.45) is 3.77. The summed E-state index contributed by atoms with van der Waals surface area (Å²) in [6, 6.07) is 3.94. The van der Waals surface area contributed by atoms with Gasteiger partial charge in [0.05, 0.1) is 17.7 Å². The van der Waals surface area contributed by atoms with Crippen molar-refractivity contribution < 1.29 is 9.84 Å². The van der Waals surface area contributed by atoms with Crippen molar-refractivity contribution in [3.63, 3.8) is 0 Å². The zero-order chi connectivity index (χ0) is 13.2. The molecule has 2 heterocycles. The summed E-state index contributed by atoms with van der Waals surface area (Å²) in [4.78, 5) is 0. The molecule has 1 saturated heterocycles. The average Bonchev–Trinajstić information content (AvgIpc) is 2.47. The number of rotatable bonds is 2. The van der Waals surface area contributed by atoms with Crippen molar-refractivity contribution in [1.82, 2.24) is 5.32 Å². The van der Waals surface area contributed by atoms with Gasteiger partial charge in [-0.25, -0.2) is 0 Å². The first-order valence-corrected chi connectivity index (χ1v) is 7.47. The molecule has 3 nitrogen and oxygen atoms in total. The molecular formula is C15H20ClNO2. The summed E-state index contributed by atoms with van der Waals surface area (Å²) in [5.41, 5.74) is 2.07. The van der Waals surface area contributed by atoms with Crippen LogP contribution in [-0.2, 0) is 6.42 Å². The molecule has 0 aliphatic carbocycles. The van der Waals surface area contributed by atoms with Crippen LogP contribution in [0.15, 0.2) is 12.1 Å². The Hall–Kier alpha value is -0.770. The molecule has 2 N–H and O–H groups in total. The molecule has 19 heavy (non-hydrogen) atoms. The second-order valence-corrected chi connectivity index (χ2v) is 5.90. The lowest BCUT2D eigenvalue weighted by molar-refractivity contribution is 0.0920. The molecule has 0 spiro atoms. The van der Waals surface area contributed by atoms with Gasteiger partial charge in [0, 0.05) is 12.5 Å². The topological polar surface area (TPSA) is 41.5 Å². The smallest absolute Gasteiger partial charge is 0.141 e. The van der Waals surface area contributed by atoms with Crippen LogP contribution < -0.4 is 10.1 Å². The Labute approximate surface area is 118 Å². The van der Waals surface area contributed by atoms with Crippen LogP contribution in [0.3, 0.4) is 0 Å². The summed E-state index contributed by atoms with van der Waals surface area (Å²) in [6.45, 7) is 2.68. The molecule has 1 aromatic rings. The van der Waals surface area contributed by atoms with Crippen LogP contribution in [0.5, 0.6) is 5.75 Å². The van der Waals surface area contributed by atoms with E-state index in [0.29, 0.717) is 5.02 Å². The SMILES string of the molecule is OC(c1cc(Cl)c2c(c1)CCCO2)C1CCCNC1. The highest BCUT2D eigenvalue weighted by atomic mass is 35.5. The molecule has 1 aromatic carbocycles. The number of nitrogens with one attached hydrogen (secondary N) is 1. The molecule has 3 rings (SSSR count). The molecule has 2 unspecified atom stereocenters. The van der Waals surface area contributed by atoms with E-state index in [9.17, 15) is 5.11 Å². The molecule has 0 saturated carbocycles. The number of benzene rings is 1. The average molecular weight is 282 g/mol. The molecular weight excluding hydrogens is 262 g/mol. The van der Waals surface area contributed by atoms with Gasteiger partial charge < -0.3 is 15.2 Å². The van der Waals surface area contributed by atoms with Crippen LogP contribution >= 0.6 is 11.6 Å². The quantitative estimate of drug-likeness (QED) is 0.876. The molecule has 4 heteroatoms. The third kappa shape index (κ3) is 2.73. The highest BCUT2D eigenvalue weighted by Gasteiger charge is 2.25. The van der Waals surface area contributed by atoms with Crippen LogP contribution in [0.2, 0.25) is 5.02 Å². The summed E-state index contributed by atoms with van der Waals surface area (Å²) >= 11 is 6.28. The van der Waals surface area contributed by atoms with E-state index in [4.69, 9.17) is 16.3 Å². The number of aryl methyl sites for hydroxylation is 1. The van der Waals surface area contributed by atoms with Gasteiger partial charge in [-0.15, -0.1) is 0 Å². The van der Waals surface area contributed by atoms with Crippen LogP contribution in [0.4, 0.5) is 0 Å². The third-order valence-corrected chi connectivity index (χ3v) is 4.38. The van der Waals surface area contributed by atoms with E-state index in [1.165, 1.54) is 0 Å². The molecule has 1 fully saturated rings. The van der Waals surface area contributed by atoms with E-state index in [-0.39, 0.29) is 5.92 Å². The van der Waals surface area contributed by atoms with Gasteiger partial charge in [0.1, 0.15) is 5.75 Å². The maximum Gasteiger partial charge on any atom is 0.141 e. The molecule has 104 valence electrons. The number of hydrogen-bond donors (Lipinski definition) is 2. The minimum Gasteiger partial charge on any atom is -0.492 e. The van der Waals surface area contributed by atoms with Gasteiger partial charge in [0.2, 0.25) is 0 Å². The van der Waals surface area contributed by atoms with Crippen LogP contribution in [0, 0.1) is 5.92 Å². The first-order valence-electron chi connectivity index (χ1n) is 7.09. The highest BCUT2D eigenvalue weighted by Crippen LogP contribution is 2.37. The minimum absolute atomic E-state index is 0.285. The lowest BCUT2D eigenvalue weighted by atomic mass is 9.88. The first-order chi connectivity index (χ1) is 9.25. The number of halogens is 1. The van der Waals surface area contributed by atoms with Crippen molar-refractivity contribution in [2.24, 2.45) is 5.92 Å². The lowest BCUT2D eigenvalue weighted by Crippen LogP contribution is -2.33. The Morgan fingerprint density at radius 3 is 3.05 bits per heavy atom.